The highest BCUT2D eigenvalue weighted by atomic mass is 16.5. The number of carbonyl (C=O) groups excluding carboxylic acids is 1. The van der Waals surface area contributed by atoms with Crippen LogP contribution in [0.25, 0.3) is 0 Å². The molecule has 0 unspecified atom stereocenters. The minimum Gasteiger partial charge on any atom is -0.348 e. The Morgan fingerprint density at radius 3 is 2.73 bits per heavy atom. The fraction of sp³-hybridized carbons (Fsp3) is 0.688. The van der Waals surface area contributed by atoms with Gasteiger partial charge in [0.2, 0.25) is 0 Å². The van der Waals surface area contributed by atoms with Gasteiger partial charge in [0, 0.05) is 38.1 Å². The molecule has 0 spiro atoms. The molecule has 1 aromatic heterocycles. The van der Waals surface area contributed by atoms with Crippen LogP contribution in [-0.4, -0.2) is 58.2 Å². The summed E-state index contributed by atoms with van der Waals surface area (Å²) in [4.78, 5) is 16.5. The van der Waals surface area contributed by atoms with E-state index in [1.807, 2.05) is 12.3 Å². The third-order valence-electron chi connectivity index (χ3n) is 5.06. The predicted molar refractivity (Wildman–Crippen MR) is 83.8 cm³/mol. The number of likely N-dealkylation sites (tertiary alicyclic amines) is 1. The number of aromatic nitrogens is 1. The van der Waals surface area contributed by atoms with E-state index in [9.17, 15) is 4.79 Å². The molecule has 0 aliphatic carbocycles. The highest BCUT2D eigenvalue weighted by molar-refractivity contribution is 5.93. The summed E-state index contributed by atoms with van der Waals surface area (Å²) in [6.07, 6.45) is 4.42. The number of hydrogen-bond acceptors (Lipinski definition) is 4. The molecule has 122 valence electrons. The monoisotopic (exact) mass is 306 g/mol. The van der Waals surface area contributed by atoms with Crippen LogP contribution >= 0.6 is 0 Å². The zero-order valence-corrected chi connectivity index (χ0v) is 13.3. The predicted octanol–water partition coefficient (Wildman–Crippen LogP) is 1.15. The van der Waals surface area contributed by atoms with Crippen molar-refractivity contribution in [3.05, 3.63) is 23.5 Å². The summed E-state index contributed by atoms with van der Waals surface area (Å²) >= 11 is 0. The molecule has 22 heavy (non-hydrogen) atoms. The third kappa shape index (κ3) is 3.34. The number of piperidine rings is 1. The lowest BCUT2D eigenvalue weighted by molar-refractivity contribution is 0.0706. The van der Waals surface area contributed by atoms with Crippen molar-refractivity contribution in [1.82, 2.24) is 19.8 Å². The molecule has 0 saturated carbocycles. The minimum absolute atomic E-state index is 0.430. The SMILES string of the molecule is CCN1CCC(CN2CCn3cc(C(=O)NO)cc3C2)CC1. The third-order valence-corrected chi connectivity index (χ3v) is 5.06. The Morgan fingerprint density at radius 1 is 1.27 bits per heavy atom. The summed E-state index contributed by atoms with van der Waals surface area (Å²) in [5, 5.41) is 8.74. The number of nitrogens with one attached hydrogen (secondary N) is 1. The first-order valence-corrected chi connectivity index (χ1v) is 8.27. The van der Waals surface area contributed by atoms with Crippen LogP contribution in [0.4, 0.5) is 0 Å². The zero-order chi connectivity index (χ0) is 15.5. The van der Waals surface area contributed by atoms with Gasteiger partial charge in [0.25, 0.3) is 5.91 Å². The summed E-state index contributed by atoms with van der Waals surface area (Å²) in [5.41, 5.74) is 3.41. The van der Waals surface area contributed by atoms with Gasteiger partial charge in [-0.15, -0.1) is 0 Å². The summed E-state index contributed by atoms with van der Waals surface area (Å²) in [6.45, 7) is 9.87. The lowest BCUT2D eigenvalue weighted by Gasteiger charge is -2.36. The average molecular weight is 306 g/mol. The molecule has 3 heterocycles. The Bertz CT molecular complexity index is 520. The molecule has 2 N–H and O–H groups in total. The van der Waals surface area contributed by atoms with Crippen molar-refractivity contribution in [1.29, 1.82) is 0 Å². The molecule has 0 bridgehead atoms. The van der Waals surface area contributed by atoms with Gasteiger partial charge in [0.15, 0.2) is 0 Å². The standard InChI is InChI=1S/C16H26N4O2/c1-2-18-5-3-13(4-6-18)10-19-7-8-20-11-14(16(21)17-22)9-15(20)12-19/h9,11,13,22H,2-8,10,12H2,1H3,(H,17,21). The topological polar surface area (TPSA) is 60.7 Å². The molecule has 6 heteroatoms. The Morgan fingerprint density at radius 2 is 2.05 bits per heavy atom. The number of fused-ring (bicyclic) bond motifs is 1. The van der Waals surface area contributed by atoms with Crippen molar-refractivity contribution in [2.24, 2.45) is 5.92 Å². The van der Waals surface area contributed by atoms with Crippen molar-refractivity contribution < 1.29 is 10.0 Å². The van der Waals surface area contributed by atoms with E-state index in [0.29, 0.717) is 5.56 Å². The van der Waals surface area contributed by atoms with Crippen LogP contribution in [0.15, 0.2) is 12.3 Å². The van der Waals surface area contributed by atoms with Crippen LogP contribution in [0.3, 0.4) is 0 Å². The summed E-state index contributed by atoms with van der Waals surface area (Å²) in [5.74, 6) is 0.366. The largest absolute Gasteiger partial charge is 0.348 e. The minimum atomic E-state index is -0.430. The van der Waals surface area contributed by atoms with Crippen LogP contribution < -0.4 is 5.48 Å². The van der Waals surface area contributed by atoms with Crippen molar-refractivity contribution >= 4 is 5.91 Å². The second-order valence-electron chi connectivity index (χ2n) is 6.47. The molecular formula is C16H26N4O2. The Kier molecular flexibility index (Phi) is 4.81. The van der Waals surface area contributed by atoms with E-state index in [4.69, 9.17) is 5.21 Å². The average Bonchev–Trinajstić information content (AvgIpc) is 2.98. The lowest BCUT2D eigenvalue weighted by Crippen LogP contribution is -2.41. The number of rotatable bonds is 4. The van der Waals surface area contributed by atoms with E-state index in [2.05, 4.69) is 21.3 Å². The molecule has 2 aliphatic rings. The van der Waals surface area contributed by atoms with E-state index >= 15 is 0 Å². The van der Waals surface area contributed by atoms with Gasteiger partial charge < -0.3 is 9.47 Å². The summed E-state index contributed by atoms with van der Waals surface area (Å²) in [7, 11) is 0. The van der Waals surface area contributed by atoms with E-state index in [1.165, 1.54) is 32.5 Å². The van der Waals surface area contributed by atoms with Crippen LogP contribution in [-0.2, 0) is 13.1 Å². The second-order valence-corrected chi connectivity index (χ2v) is 6.47. The molecule has 1 saturated heterocycles. The van der Waals surface area contributed by atoms with E-state index in [-0.39, 0.29) is 0 Å². The molecule has 2 aliphatic heterocycles. The van der Waals surface area contributed by atoms with Gasteiger partial charge in [-0.1, -0.05) is 6.92 Å². The second kappa shape index (κ2) is 6.81. The van der Waals surface area contributed by atoms with Gasteiger partial charge in [-0.05, 0) is 44.5 Å². The molecule has 3 rings (SSSR count). The van der Waals surface area contributed by atoms with Gasteiger partial charge in [-0.25, -0.2) is 5.48 Å². The van der Waals surface area contributed by atoms with Crippen LogP contribution in [0, 0.1) is 5.92 Å². The molecule has 0 radical (unpaired) electrons. The number of amides is 1. The molecule has 1 aromatic rings. The quantitative estimate of drug-likeness (QED) is 0.647. The Hall–Kier alpha value is -1.37. The number of carbonyl (C=O) groups is 1. The van der Waals surface area contributed by atoms with Crippen molar-refractivity contribution in [3.8, 4) is 0 Å². The summed E-state index contributed by atoms with van der Waals surface area (Å²) in [6, 6.07) is 1.89. The molecule has 1 fully saturated rings. The molecule has 6 nitrogen and oxygen atoms in total. The first-order chi connectivity index (χ1) is 10.7. The lowest BCUT2D eigenvalue weighted by atomic mass is 9.96. The molecule has 0 aromatic carbocycles. The fourth-order valence-corrected chi connectivity index (χ4v) is 3.65. The number of nitrogens with zero attached hydrogens (tertiary/aromatic N) is 3. The normalized spacial score (nSPS) is 20.8. The van der Waals surface area contributed by atoms with E-state index in [1.54, 1.807) is 5.48 Å². The van der Waals surface area contributed by atoms with E-state index in [0.717, 1.165) is 37.8 Å². The van der Waals surface area contributed by atoms with Gasteiger partial charge >= 0.3 is 0 Å². The van der Waals surface area contributed by atoms with Crippen molar-refractivity contribution in [2.75, 3.05) is 32.7 Å². The maximum Gasteiger partial charge on any atom is 0.276 e. The maximum absolute atomic E-state index is 11.5. The van der Waals surface area contributed by atoms with E-state index < -0.39 is 5.91 Å². The molecular weight excluding hydrogens is 280 g/mol. The fourth-order valence-electron chi connectivity index (χ4n) is 3.65. The number of hydroxylamine groups is 1. The smallest absolute Gasteiger partial charge is 0.276 e. The molecule has 1 amide bonds. The molecule has 0 atom stereocenters. The first kappa shape index (κ1) is 15.5. The van der Waals surface area contributed by atoms with Gasteiger partial charge in [0.05, 0.1) is 5.56 Å². The highest BCUT2D eigenvalue weighted by Crippen LogP contribution is 2.22. The first-order valence-electron chi connectivity index (χ1n) is 8.27. The van der Waals surface area contributed by atoms with Crippen LogP contribution in [0.1, 0.15) is 35.8 Å². The van der Waals surface area contributed by atoms with Crippen molar-refractivity contribution in [3.63, 3.8) is 0 Å². The van der Waals surface area contributed by atoms with Gasteiger partial charge in [-0.3, -0.25) is 14.9 Å². The summed E-state index contributed by atoms with van der Waals surface area (Å²) < 4.78 is 2.13. The van der Waals surface area contributed by atoms with Gasteiger partial charge in [-0.2, -0.15) is 0 Å². The Labute approximate surface area is 131 Å². The highest BCUT2D eigenvalue weighted by Gasteiger charge is 2.24. The zero-order valence-electron chi connectivity index (χ0n) is 13.3. The van der Waals surface area contributed by atoms with Crippen LogP contribution in [0.5, 0.6) is 0 Å². The number of hydrogen-bond donors (Lipinski definition) is 2. The van der Waals surface area contributed by atoms with Gasteiger partial charge in [0.1, 0.15) is 0 Å². The maximum atomic E-state index is 11.5. The Balaban J connectivity index is 1.56. The van der Waals surface area contributed by atoms with Crippen molar-refractivity contribution in [2.45, 2.75) is 32.9 Å². The van der Waals surface area contributed by atoms with Crippen LogP contribution in [0.2, 0.25) is 0 Å².